The van der Waals surface area contributed by atoms with Gasteiger partial charge in [-0.2, -0.15) is 5.10 Å². The molecule has 0 bridgehead atoms. The molecule has 0 aromatic heterocycles. The Morgan fingerprint density at radius 3 is 2.26 bits per heavy atom. The summed E-state index contributed by atoms with van der Waals surface area (Å²) in [5.41, 5.74) is 5.64. The van der Waals surface area contributed by atoms with E-state index in [1.165, 1.54) is 0 Å². The highest BCUT2D eigenvalue weighted by Gasteiger charge is 2.14. The molecular formula is C26H21N3O2. The number of hydrazone groups is 1. The van der Waals surface area contributed by atoms with E-state index in [-0.39, 0.29) is 5.91 Å². The number of anilines is 1. The van der Waals surface area contributed by atoms with Gasteiger partial charge in [0.1, 0.15) is 0 Å². The molecule has 5 nitrogen and oxygen atoms in total. The zero-order valence-electron chi connectivity index (χ0n) is 17.0. The molecule has 4 aromatic rings. The molecule has 0 saturated carbocycles. The monoisotopic (exact) mass is 407 g/mol. The van der Waals surface area contributed by atoms with Crippen LogP contribution in [0.4, 0.5) is 5.69 Å². The number of aryl methyl sites for hydroxylation is 1. The van der Waals surface area contributed by atoms with Crippen LogP contribution in [0.1, 0.15) is 31.8 Å². The number of carbonyl (C=O) groups is 2. The van der Waals surface area contributed by atoms with Gasteiger partial charge in [0.05, 0.1) is 17.5 Å². The lowest BCUT2D eigenvalue weighted by atomic mass is 10.1. The molecule has 0 aliphatic rings. The summed E-state index contributed by atoms with van der Waals surface area (Å²) in [4.78, 5) is 25.4. The summed E-state index contributed by atoms with van der Waals surface area (Å²) in [6, 6.07) is 28.1. The van der Waals surface area contributed by atoms with Crippen molar-refractivity contribution in [3.05, 3.63) is 113 Å². The first-order chi connectivity index (χ1) is 15.1. The molecule has 0 radical (unpaired) electrons. The highest BCUT2D eigenvalue weighted by Crippen LogP contribution is 2.18. The van der Waals surface area contributed by atoms with Crippen LogP contribution in [0.5, 0.6) is 0 Å². The fourth-order valence-corrected chi connectivity index (χ4v) is 3.39. The van der Waals surface area contributed by atoms with E-state index in [1.54, 1.807) is 36.5 Å². The predicted octanol–water partition coefficient (Wildman–Crippen LogP) is 5.16. The second kappa shape index (κ2) is 9.05. The van der Waals surface area contributed by atoms with Crippen LogP contribution in [0.2, 0.25) is 0 Å². The first kappa shape index (κ1) is 20.0. The lowest BCUT2D eigenvalue weighted by Gasteiger charge is -2.11. The average Bonchev–Trinajstić information content (AvgIpc) is 2.80. The number of hydrogen-bond donors (Lipinski definition) is 2. The molecule has 0 aliphatic heterocycles. The van der Waals surface area contributed by atoms with Gasteiger partial charge in [0.25, 0.3) is 11.8 Å². The Hall–Kier alpha value is -4.25. The maximum atomic E-state index is 12.7. The fraction of sp³-hybridized carbons (Fsp3) is 0.0385. The molecule has 4 rings (SSSR count). The normalized spacial score (nSPS) is 10.9. The second-order valence-electron chi connectivity index (χ2n) is 7.08. The highest BCUT2D eigenvalue weighted by molar-refractivity contribution is 6.09. The van der Waals surface area contributed by atoms with E-state index < -0.39 is 5.91 Å². The number of nitrogens with one attached hydrogen (secondary N) is 2. The maximum Gasteiger partial charge on any atom is 0.273 e. The minimum absolute atomic E-state index is 0.266. The third kappa shape index (κ3) is 4.51. The quantitative estimate of drug-likeness (QED) is 0.354. The van der Waals surface area contributed by atoms with Crippen molar-refractivity contribution in [3.8, 4) is 0 Å². The van der Waals surface area contributed by atoms with Gasteiger partial charge in [-0.15, -0.1) is 0 Å². The average molecular weight is 407 g/mol. The Labute approximate surface area is 180 Å². The van der Waals surface area contributed by atoms with Crippen molar-refractivity contribution in [2.45, 2.75) is 6.92 Å². The maximum absolute atomic E-state index is 12.7. The molecule has 31 heavy (non-hydrogen) atoms. The predicted molar refractivity (Wildman–Crippen MR) is 125 cm³/mol. The number of benzene rings is 4. The molecule has 0 heterocycles. The zero-order valence-corrected chi connectivity index (χ0v) is 17.0. The van der Waals surface area contributed by atoms with E-state index in [4.69, 9.17) is 0 Å². The largest absolute Gasteiger partial charge is 0.321 e. The standard InChI is InChI=1S/C26H21N3O2/c1-18-9-2-4-13-21(18)25(30)28-24-16-7-6-15-23(24)26(31)29-27-17-20-12-8-11-19-10-3-5-14-22(19)20/h2-17H,1H3,(H,28,30)(H,29,31)/b27-17+. The van der Waals surface area contributed by atoms with E-state index in [0.29, 0.717) is 16.8 Å². The summed E-state index contributed by atoms with van der Waals surface area (Å²) in [6.07, 6.45) is 1.62. The molecule has 0 unspecified atom stereocenters. The fourth-order valence-electron chi connectivity index (χ4n) is 3.39. The van der Waals surface area contributed by atoms with Crippen LogP contribution in [0.25, 0.3) is 10.8 Å². The van der Waals surface area contributed by atoms with Crippen molar-refractivity contribution in [1.82, 2.24) is 5.43 Å². The zero-order chi connectivity index (χ0) is 21.6. The molecule has 0 atom stereocenters. The smallest absolute Gasteiger partial charge is 0.273 e. The van der Waals surface area contributed by atoms with Crippen LogP contribution in [-0.4, -0.2) is 18.0 Å². The summed E-state index contributed by atoms with van der Waals surface area (Å²) >= 11 is 0. The van der Waals surface area contributed by atoms with Crippen molar-refractivity contribution in [2.24, 2.45) is 5.10 Å². The Balaban J connectivity index is 1.51. The van der Waals surface area contributed by atoms with Gasteiger partial charge >= 0.3 is 0 Å². The molecule has 0 saturated heterocycles. The number of nitrogens with zero attached hydrogens (tertiary/aromatic N) is 1. The van der Waals surface area contributed by atoms with Gasteiger partial charge in [-0.25, -0.2) is 5.43 Å². The third-order valence-electron chi connectivity index (χ3n) is 5.00. The van der Waals surface area contributed by atoms with E-state index in [9.17, 15) is 9.59 Å². The SMILES string of the molecule is Cc1ccccc1C(=O)Nc1ccccc1C(=O)N/N=C/c1cccc2ccccc12. The first-order valence-electron chi connectivity index (χ1n) is 9.90. The summed E-state index contributed by atoms with van der Waals surface area (Å²) < 4.78 is 0. The van der Waals surface area contributed by atoms with Crippen LogP contribution in [0.15, 0.2) is 96.1 Å². The molecular weight excluding hydrogens is 386 g/mol. The van der Waals surface area contributed by atoms with Gasteiger partial charge in [0.2, 0.25) is 0 Å². The molecule has 152 valence electrons. The second-order valence-corrected chi connectivity index (χ2v) is 7.08. The minimum Gasteiger partial charge on any atom is -0.321 e. The van der Waals surface area contributed by atoms with Gasteiger partial charge in [-0.3, -0.25) is 9.59 Å². The minimum atomic E-state index is -0.405. The molecule has 0 spiro atoms. The van der Waals surface area contributed by atoms with Crippen LogP contribution in [0.3, 0.4) is 0 Å². The summed E-state index contributed by atoms with van der Waals surface area (Å²) in [5, 5.41) is 9.10. The topological polar surface area (TPSA) is 70.6 Å². The van der Waals surface area contributed by atoms with E-state index in [1.807, 2.05) is 67.6 Å². The number of fused-ring (bicyclic) bond motifs is 1. The summed E-state index contributed by atoms with van der Waals surface area (Å²) in [7, 11) is 0. The van der Waals surface area contributed by atoms with Crippen molar-refractivity contribution in [2.75, 3.05) is 5.32 Å². The number of amides is 2. The molecule has 2 N–H and O–H groups in total. The van der Waals surface area contributed by atoms with Crippen LogP contribution < -0.4 is 10.7 Å². The Morgan fingerprint density at radius 2 is 1.42 bits per heavy atom. The summed E-state index contributed by atoms with van der Waals surface area (Å²) in [5.74, 6) is -0.672. The molecule has 4 aromatic carbocycles. The van der Waals surface area contributed by atoms with Crippen molar-refractivity contribution in [3.63, 3.8) is 0 Å². The van der Waals surface area contributed by atoms with E-state index >= 15 is 0 Å². The van der Waals surface area contributed by atoms with Crippen molar-refractivity contribution < 1.29 is 9.59 Å². The number of para-hydroxylation sites is 1. The number of carbonyl (C=O) groups excluding carboxylic acids is 2. The van der Waals surface area contributed by atoms with E-state index in [0.717, 1.165) is 21.9 Å². The first-order valence-corrected chi connectivity index (χ1v) is 9.90. The van der Waals surface area contributed by atoms with Gasteiger partial charge in [-0.1, -0.05) is 72.8 Å². The van der Waals surface area contributed by atoms with Gasteiger partial charge in [0, 0.05) is 11.1 Å². The Bertz CT molecular complexity index is 1290. The molecule has 0 fully saturated rings. The van der Waals surface area contributed by atoms with Crippen LogP contribution in [-0.2, 0) is 0 Å². The van der Waals surface area contributed by atoms with Gasteiger partial charge in [-0.05, 0) is 41.5 Å². The van der Waals surface area contributed by atoms with Crippen LogP contribution >= 0.6 is 0 Å². The molecule has 5 heteroatoms. The van der Waals surface area contributed by atoms with Gasteiger partial charge in [0.15, 0.2) is 0 Å². The van der Waals surface area contributed by atoms with Crippen molar-refractivity contribution in [1.29, 1.82) is 0 Å². The lowest BCUT2D eigenvalue weighted by molar-refractivity contribution is 0.0956. The third-order valence-corrected chi connectivity index (χ3v) is 5.00. The van der Waals surface area contributed by atoms with Crippen molar-refractivity contribution >= 4 is 34.5 Å². The Kier molecular flexibility index (Phi) is 5.85. The number of hydrogen-bond acceptors (Lipinski definition) is 3. The number of rotatable bonds is 5. The summed E-state index contributed by atoms with van der Waals surface area (Å²) in [6.45, 7) is 1.87. The lowest BCUT2D eigenvalue weighted by Crippen LogP contribution is -2.21. The van der Waals surface area contributed by atoms with Gasteiger partial charge < -0.3 is 5.32 Å². The highest BCUT2D eigenvalue weighted by atomic mass is 16.2. The van der Waals surface area contributed by atoms with Crippen LogP contribution in [0, 0.1) is 6.92 Å². The molecule has 0 aliphatic carbocycles. The van der Waals surface area contributed by atoms with E-state index in [2.05, 4.69) is 15.8 Å². The Morgan fingerprint density at radius 1 is 0.742 bits per heavy atom. The molecule has 2 amide bonds.